The van der Waals surface area contributed by atoms with E-state index < -0.39 is 0 Å². The fraction of sp³-hybridized carbons (Fsp3) is 0.444. The van der Waals surface area contributed by atoms with E-state index in [4.69, 9.17) is 9.15 Å². The molecule has 0 bridgehead atoms. The molecule has 110 valence electrons. The quantitative estimate of drug-likeness (QED) is 0.920. The molecule has 3 atom stereocenters. The Morgan fingerprint density at radius 3 is 2.90 bits per heavy atom. The zero-order valence-corrected chi connectivity index (χ0v) is 12.3. The van der Waals surface area contributed by atoms with Crippen molar-refractivity contribution in [2.75, 3.05) is 6.61 Å². The number of hydrogen-bond donors (Lipinski definition) is 1. The van der Waals surface area contributed by atoms with Crippen LogP contribution < -0.4 is 10.1 Å². The van der Waals surface area contributed by atoms with E-state index >= 15 is 0 Å². The number of fused-ring (bicyclic) bond motifs is 1. The summed E-state index contributed by atoms with van der Waals surface area (Å²) >= 11 is 0. The van der Waals surface area contributed by atoms with Gasteiger partial charge in [-0.05, 0) is 30.5 Å². The van der Waals surface area contributed by atoms with Crippen molar-refractivity contribution in [3.8, 4) is 5.75 Å². The SMILES string of the molecule is C[C@@H]1C[C@@H]1c1ccc(CN[C@H]2CCOc3ccccc32)o1. The molecule has 4 rings (SSSR count). The predicted octanol–water partition coefficient (Wildman–Crippen LogP) is 4.02. The second-order valence-electron chi connectivity index (χ2n) is 6.23. The Labute approximate surface area is 125 Å². The van der Waals surface area contributed by atoms with Gasteiger partial charge in [0.2, 0.25) is 0 Å². The number of furan rings is 1. The van der Waals surface area contributed by atoms with Crippen LogP contribution in [0.3, 0.4) is 0 Å². The fourth-order valence-electron chi connectivity index (χ4n) is 3.19. The van der Waals surface area contributed by atoms with Crippen LogP contribution in [0.1, 0.15) is 48.8 Å². The fourth-order valence-corrected chi connectivity index (χ4v) is 3.19. The zero-order chi connectivity index (χ0) is 14.2. The Bertz CT molecular complexity index is 634. The summed E-state index contributed by atoms with van der Waals surface area (Å²) in [5.41, 5.74) is 1.26. The van der Waals surface area contributed by atoms with Crippen LogP contribution in [0.15, 0.2) is 40.8 Å². The molecular formula is C18H21NO2. The van der Waals surface area contributed by atoms with Gasteiger partial charge < -0.3 is 14.5 Å². The van der Waals surface area contributed by atoms with Crippen molar-refractivity contribution in [1.29, 1.82) is 0 Å². The van der Waals surface area contributed by atoms with Crippen LogP contribution in [-0.2, 0) is 6.54 Å². The second kappa shape index (κ2) is 5.23. The molecule has 3 heteroatoms. The number of ether oxygens (including phenoxy) is 1. The van der Waals surface area contributed by atoms with Gasteiger partial charge in [-0.1, -0.05) is 25.1 Å². The van der Waals surface area contributed by atoms with Crippen molar-refractivity contribution in [3.63, 3.8) is 0 Å². The highest BCUT2D eigenvalue weighted by atomic mass is 16.5. The van der Waals surface area contributed by atoms with Crippen LogP contribution >= 0.6 is 0 Å². The molecule has 1 aromatic heterocycles. The Morgan fingerprint density at radius 2 is 2.05 bits per heavy atom. The van der Waals surface area contributed by atoms with Crippen LogP contribution in [0.25, 0.3) is 0 Å². The summed E-state index contributed by atoms with van der Waals surface area (Å²) in [6, 6.07) is 12.9. The summed E-state index contributed by atoms with van der Waals surface area (Å²) in [5.74, 6) is 4.65. The molecule has 0 unspecified atom stereocenters. The van der Waals surface area contributed by atoms with Crippen LogP contribution in [0, 0.1) is 5.92 Å². The van der Waals surface area contributed by atoms with Crippen molar-refractivity contribution in [1.82, 2.24) is 5.32 Å². The van der Waals surface area contributed by atoms with Gasteiger partial charge in [0.1, 0.15) is 17.3 Å². The lowest BCUT2D eigenvalue weighted by Crippen LogP contribution is -2.26. The van der Waals surface area contributed by atoms with Crippen LogP contribution in [-0.4, -0.2) is 6.61 Å². The minimum atomic E-state index is 0.350. The molecule has 1 N–H and O–H groups in total. The molecule has 1 aromatic carbocycles. The number of nitrogens with one attached hydrogen (secondary N) is 1. The molecule has 0 spiro atoms. The Balaban J connectivity index is 1.42. The summed E-state index contributed by atoms with van der Waals surface area (Å²) < 4.78 is 11.7. The van der Waals surface area contributed by atoms with Crippen molar-refractivity contribution < 1.29 is 9.15 Å². The minimum Gasteiger partial charge on any atom is -0.493 e. The number of para-hydroxylation sites is 1. The largest absolute Gasteiger partial charge is 0.493 e. The Hall–Kier alpha value is -1.74. The summed E-state index contributed by atoms with van der Waals surface area (Å²) in [4.78, 5) is 0. The van der Waals surface area contributed by atoms with E-state index in [1.54, 1.807) is 0 Å². The lowest BCUT2D eigenvalue weighted by molar-refractivity contribution is 0.249. The summed E-state index contributed by atoms with van der Waals surface area (Å²) in [7, 11) is 0. The minimum absolute atomic E-state index is 0.350. The van der Waals surface area contributed by atoms with Crippen molar-refractivity contribution in [2.24, 2.45) is 5.92 Å². The van der Waals surface area contributed by atoms with E-state index in [9.17, 15) is 0 Å². The van der Waals surface area contributed by atoms with Gasteiger partial charge in [-0.2, -0.15) is 0 Å². The maximum absolute atomic E-state index is 5.96. The van der Waals surface area contributed by atoms with Gasteiger partial charge in [0.05, 0.1) is 13.2 Å². The first-order valence-corrected chi connectivity index (χ1v) is 7.85. The summed E-state index contributed by atoms with van der Waals surface area (Å²) in [6.07, 6.45) is 2.28. The molecular weight excluding hydrogens is 262 g/mol. The highest BCUT2D eigenvalue weighted by Crippen LogP contribution is 2.47. The van der Waals surface area contributed by atoms with E-state index in [0.717, 1.165) is 42.8 Å². The molecule has 1 aliphatic heterocycles. The van der Waals surface area contributed by atoms with Crippen LogP contribution in [0.4, 0.5) is 0 Å². The highest BCUT2D eigenvalue weighted by Gasteiger charge is 2.36. The normalized spacial score (nSPS) is 27.0. The smallest absolute Gasteiger partial charge is 0.124 e. The molecule has 0 saturated heterocycles. The van der Waals surface area contributed by atoms with Gasteiger partial charge in [-0.15, -0.1) is 0 Å². The summed E-state index contributed by atoms with van der Waals surface area (Å²) in [5, 5.41) is 3.60. The monoisotopic (exact) mass is 283 g/mol. The number of benzene rings is 1. The van der Waals surface area contributed by atoms with E-state index in [1.807, 2.05) is 12.1 Å². The predicted molar refractivity (Wildman–Crippen MR) is 81.4 cm³/mol. The molecule has 0 amide bonds. The zero-order valence-electron chi connectivity index (χ0n) is 12.3. The van der Waals surface area contributed by atoms with E-state index in [1.165, 1.54) is 12.0 Å². The first-order valence-electron chi connectivity index (χ1n) is 7.85. The maximum atomic E-state index is 5.96. The lowest BCUT2D eigenvalue weighted by Gasteiger charge is -2.26. The average Bonchev–Trinajstić information content (AvgIpc) is 3.07. The van der Waals surface area contributed by atoms with Crippen molar-refractivity contribution in [2.45, 2.75) is 38.3 Å². The molecule has 1 aliphatic carbocycles. The third kappa shape index (κ3) is 2.58. The van der Waals surface area contributed by atoms with Gasteiger partial charge in [-0.3, -0.25) is 0 Å². The van der Waals surface area contributed by atoms with E-state index in [0.29, 0.717) is 12.0 Å². The van der Waals surface area contributed by atoms with E-state index in [-0.39, 0.29) is 0 Å². The number of hydrogen-bond acceptors (Lipinski definition) is 3. The van der Waals surface area contributed by atoms with Gasteiger partial charge in [0.15, 0.2) is 0 Å². The maximum Gasteiger partial charge on any atom is 0.124 e. The second-order valence-corrected chi connectivity index (χ2v) is 6.23. The van der Waals surface area contributed by atoms with Crippen molar-refractivity contribution in [3.05, 3.63) is 53.5 Å². The molecule has 3 nitrogen and oxygen atoms in total. The lowest BCUT2D eigenvalue weighted by atomic mass is 10.0. The van der Waals surface area contributed by atoms with Crippen LogP contribution in [0.5, 0.6) is 5.75 Å². The Morgan fingerprint density at radius 1 is 1.19 bits per heavy atom. The molecule has 2 aliphatic rings. The molecule has 1 saturated carbocycles. The average molecular weight is 283 g/mol. The molecule has 21 heavy (non-hydrogen) atoms. The summed E-state index contributed by atoms with van der Waals surface area (Å²) in [6.45, 7) is 3.84. The van der Waals surface area contributed by atoms with Gasteiger partial charge in [-0.25, -0.2) is 0 Å². The van der Waals surface area contributed by atoms with Gasteiger partial charge in [0.25, 0.3) is 0 Å². The molecule has 2 heterocycles. The standard InChI is InChI=1S/C18H21NO2/c1-12-10-15(12)18-7-6-13(21-18)11-19-16-8-9-20-17-5-3-2-4-14(16)17/h2-7,12,15-16,19H,8-11H2,1H3/t12-,15+,16+/m1/s1. The number of rotatable bonds is 4. The van der Waals surface area contributed by atoms with E-state index in [2.05, 4.69) is 36.5 Å². The first-order chi connectivity index (χ1) is 10.3. The molecule has 2 aromatic rings. The topological polar surface area (TPSA) is 34.4 Å². The molecule has 0 radical (unpaired) electrons. The van der Waals surface area contributed by atoms with Crippen LogP contribution in [0.2, 0.25) is 0 Å². The third-order valence-corrected chi connectivity index (χ3v) is 4.64. The van der Waals surface area contributed by atoms with Crippen molar-refractivity contribution >= 4 is 0 Å². The third-order valence-electron chi connectivity index (χ3n) is 4.64. The first kappa shape index (κ1) is 13.0. The Kier molecular flexibility index (Phi) is 3.23. The highest BCUT2D eigenvalue weighted by molar-refractivity contribution is 5.37. The molecule has 1 fully saturated rings. The van der Waals surface area contributed by atoms with Gasteiger partial charge in [0, 0.05) is 23.9 Å². The van der Waals surface area contributed by atoms with Gasteiger partial charge >= 0.3 is 0 Å².